The van der Waals surface area contributed by atoms with Gasteiger partial charge >= 0.3 is 6.03 Å². The van der Waals surface area contributed by atoms with Gasteiger partial charge in [-0.05, 0) is 61.4 Å². The summed E-state index contributed by atoms with van der Waals surface area (Å²) in [6.07, 6.45) is 4.22. The maximum absolute atomic E-state index is 13.8. The molecule has 0 aliphatic carbocycles. The predicted octanol–water partition coefficient (Wildman–Crippen LogP) is 3.83. The summed E-state index contributed by atoms with van der Waals surface area (Å²) in [5.74, 6) is 0.307. The van der Waals surface area contributed by atoms with Gasteiger partial charge in [0.25, 0.3) is 0 Å². The number of imidazole rings is 1. The van der Waals surface area contributed by atoms with Crippen LogP contribution in [-0.2, 0) is 0 Å². The van der Waals surface area contributed by atoms with E-state index in [1.165, 1.54) is 6.07 Å². The number of rotatable bonds is 3. The van der Waals surface area contributed by atoms with E-state index in [4.69, 9.17) is 4.98 Å². The molecule has 0 radical (unpaired) electrons. The summed E-state index contributed by atoms with van der Waals surface area (Å²) in [7, 11) is 0. The van der Waals surface area contributed by atoms with Crippen LogP contribution < -0.4 is 10.2 Å². The van der Waals surface area contributed by atoms with Gasteiger partial charge < -0.3 is 5.32 Å². The van der Waals surface area contributed by atoms with Crippen LogP contribution in [0.4, 0.5) is 15.0 Å². The smallest absolute Gasteiger partial charge is 0.323 e. The van der Waals surface area contributed by atoms with Crippen molar-refractivity contribution < 1.29 is 9.18 Å². The van der Waals surface area contributed by atoms with Crippen LogP contribution in [0.25, 0.3) is 28.2 Å². The van der Waals surface area contributed by atoms with Crippen molar-refractivity contribution in [1.82, 2.24) is 24.9 Å². The second kappa shape index (κ2) is 7.22. The summed E-state index contributed by atoms with van der Waals surface area (Å²) in [4.78, 5) is 23.1. The van der Waals surface area contributed by atoms with Gasteiger partial charge in [-0.25, -0.2) is 23.7 Å². The monoisotopic (exact) mass is 402 g/mol. The van der Waals surface area contributed by atoms with Crippen LogP contribution in [0.1, 0.15) is 12.0 Å². The minimum absolute atomic E-state index is 0.156. The van der Waals surface area contributed by atoms with Gasteiger partial charge in [-0.2, -0.15) is 5.10 Å². The first-order valence-corrected chi connectivity index (χ1v) is 9.74. The number of hydrogen-bond donors (Lipinski definition) is 1. The topological polar surface area (TPSA) is 75.4 Å². The summed E-state index contributed by atoms with van der Waals surface area (Å²) in [6, 6.07) is 12.2. The van der Waals surface area contributed by atoms with Gasteiger partial charge in [0, 0.05) is 36.6 Å². The first kappa shape index (κ1) is 18.2. The highest BCUT2D eigenvalue weighted by atomic mass is 19.1. The van der Waals surface area contributed by atoms with Crippen molar-refractivity contribution in [3.63, 3.8) is 0 Å². The Morgan fingerprint density at radius 1 is 1.10 bits per heavy atom. The molecule has 0 saturated carbocycles. The van der Waals surface area contributed by atoms with Gasteiger partial charge in [-0.3, -0.25) is 4.90 Å². The lowest BCUT2D eigenvalue weighted by Gasteiger charge is -2.26. The molecule has 7 nitrogen and oxygen atoms in total. The maximum Gasteiger partial charge on any atom is 0.323 e. The van der Waals surface area contributed by atoms with Crippen molar-refractivity contribution in [2.75, 3.05) is 18.0 Å². The molecule has 1 aromatic carbocycles. The Kier molecular flexibility index (Phi) is 4.39. The molecule has 150 valence electrons. The summed E-state index contributed by atoms with van der Waals surface area (Å²) in [6.45, 7) is 3.00. The Bertz CT molecular complexity index is 1270. The Hall–Kier alpha value is -3.81. The number of carbonyl (C=O) groups is 1. The van der Waals surface area contributed by atoms with Gasteiger partial charge in [0.15, 0.2) is 5.65 Å². The third kappa shape index (κ3) is 3.06. The molecule has 8 heteroatoms. The number of benzene rings is 1. The second-order valence-corrected chi connectivity index (χ2v) is 7.21. The van der Waals surface area contributed by atoms with Crippen molar-refractivity contribution in [3.8, 4) is 22.5 Å². The molecule has 3 aromatic heterocycles. The van der Waals surface area contributed by atoms with Crippen LogP contribution in [-0.4, -0.2) is 38.7 Å². The third-order valence-electron chi connectivity index (χ3n) is 5.20. The molecule has 4 aromatic rings. The van der Waals surface area contributed by atoms with E-state index in [-0.39, 0.29) is 11.8 Å². The Morgan fingerprint density at radius 2 is 2.00 bits per heavy atom. The fraction of sp³-hybridized carbons (Fsp3) is 0.182. The van der Waals surface area contributed by atoms with Crippen LogP contribution >= 0.6 is 0 Å². The second-order valence-electron chi connectivity index (χ2n) is 7.21. The van der Waals surface area contributed by atoms with E-state index in [0.29, 0.717) is 35.8 Å². The third-order valence-corrected chi connectivity index (χ3v) is 5.20. The average molecular weight is 402 g/mol. The lowest BCUT2D eigenvalue weighted by atomic mass is 10.0. The quantitative estimate of drug-likeness (QED) is 0.565. The molecule has 0 unspecified atom stereocenters. The first-order chi connectivity index (χ1) is 14.6. The summed E-state index contributed by atoms with van der Waals surface area (Å²) < 4.78 is 15.6. The van der Waals surface area contributed by atoms with Gasteiger partial charge in [-0.15, -0.1) is 0 Å². The van der Waals surface area contributed by atoms with Crippen LogP contribution in [0.15, 0.2) is 54.9 Å². The molecule has 5 rings (SSSR count). The van der Waals surface area contributed by atoms with E-state index in [0.717, 1.165) is 23.2 Å². The van der Waals surface area contributed by atoms with Crippen molar-refractivity contribution in [3.05, 3.63) is 66.2 Å². The number of nitrogens with zero attached hydrogens (tertiary/aromatic N) is 5. The van der Waals surface area contributed by atoms with Gasteiger partial charge in [0.1, 0.15) is 17.3 Å². The SMILES string of the molecule is Cc1cc(-c2nc3cccnn3c2-c2ccnc(N3CCCNC3=O)c2)ccc1F. The highest BCUT2D eigenvalue weighted by Gasteiger charge is 2.23. The lowest BCUT2D eigenvalue weighted by molar-refractivity contribution is 0.242. The molecule has 2 amide bonds. The molecule has 4 heterocycles. The van der Waals surface area contributed by atoms with E-state index >= 15 is 0 Å². The number of aromatic nitrogens is 4. The number of halogens is 1. The van der Waals surface area contributed by atoms with Crippen molar-refractivity contribution in [1.29, 1.82) is 0 Å². The van der Waals surface area contributed by atoms with Crippen LogP contribution in [0.2, 0.25) is 0 Å². The molecule has 1 N–H and O–H groups in total. The van der Waals surface area contributed by atoms with Gasteiger partial charge in [0.2, 0.25) is 0 Å². The summed E-state index contributed by atoms with van der Waals surface area (Å²) in [5, 5.41) is 7.31. The zero-order valence-corrected chi connectivity index (χ0v) is 16.3. The summed E-state index contributed by atoms with van der Waals surface area (Å²) >= 11 is 0. The normalized spacial score (nSPS) is 14.2. The number of carbonyl (C=O) groups excluding carboxylic acids is 1. The van der Waals surface area contributed by atoms with Crippen molar-refractivity contribution in [2.24, 2.45) is 0 Å². The minimum atomic E-state index is -0.260. The minimum Gasteiger partial charge on any atom is -0.338 e. The van der Waals surface area contributed by atoms with E-state index in [9.17, 15) is 9.18 Å². The largest absolute Gasteiger partial charge is 0.338 e. The molecular weight excluding hydrogens is 383 g/mol. The van der Waals surface area contributed by atoms with Crippen molar-refractivity contribution in [2.45, 2.75) is 13.3 Å². The van der Waals surface area contributed by atoms with Gasteiger partial charge in [-0.1, -0.05) is 0 Å². The fourth-order valence-corrected chi connectivity index (χ4v) is 3.70. The van der Waals surface area contributed by atoms with Gasteiger partial charge in [0.05, 0.1) is 5.69 Å². The molecule has 1 aliphatic rings. The highest BCUT2D eigenvalue weighted by molar-refractivity contribution is 5.92. The molecule has 0 spiro atoms. The van der Waals surface area contributed by atoms with Crippen LogP contribution in [0.5, 0.6) is 0 Å². The van der Waals surface area contributed by atoms with E-state index in [1.54, 1.807) is 40.9 Å². The van der Waals surface area contributed by atoms with E-state index < -0.39 is 0 Å². The van der Waals surface area contributed by atoms with Crippen molar-refractivity contribution >= 4 is 17.5 Å². The first-order valence-electron chi connectivity index (χ1n) is 9.74. The molecule has 0 bridgehead atoms. The number of nitrogens with one attached hydrogen (secondary N) is 1. The lowest BCUT2D eigenvalue weighted by Crippen LogP contribution is -2.46. The fourth-order valence-electron chi connectivity index (χ4n) is 3.70. The number of pyridine rings is 1. The maximum atomic E-state index is 13.8. The molecule has 1 fully saturated rings. The number of amides is 2. The predicted molar refractivity (Wildman–Crippen MR) is 112 cm³/mol. The van der Waals surface area contributed by atoms with E-state index in [1.807, 2.05) is 24.3 Å². The van der Waals surface area contributed by atoms with Crippen LogP contribution in [0.3, 0.4) is 0 Å². The number of hydrogen-bond acceptors (Lipinski definition) is 4. The number of fused-ring (bicyclic) bond motifs is 1. The zero-order valence-electron chi connectivity index (χ0n) is 16.3. The number of aryl methyl sites for hydroxylation is 1. The van der Waals surface area contributed by atoms with E-state index in [2.05, 4.69) is 15.4 Å². The zero-order chi connectivity index (χ0) is 20.7. The number of anilines is 1. The van der Waals surface area contributed by atoms with Crippen LogP contribution in [0, 0.1) is 12.7 Å². The Morgan fingerprint density at radius 3 is 2.83 bits per heavy atom. The molecular formula is C22H19FN6O. The average Bonchev–Trinajstić information content (AvgIpc) is 3.16. The Labute approximate surface area is 172 Å². The highest BCUT2D eigenvalue weighted by Crippen LogP contribution is 2.34. The summed E-state index contributed by atoms with van der Waals surface area (Å²) in [5.41, 5.74) is 4.29. The standard InChI is InChI=1S/C22H19FN6O/c1-14-12-15(5-6-17(14)23)20-21(29-18(27-20)4-2-9-26-29)16-7-10-24-19(13-16)28-11-3-8-25-22(28)30/h2,4-7,9-10,12-13H,3,8,11H2,1H3,(H,25,30). The molecule has 30 heavy (non-hydrogen) atoms. The molecule has 0 atom stereocenters. The molecule has 1 aliphatic heterocycles. The Balaban J connectivity index is 1.70. The number of urea groups is 1. The molecule has 1 saturated heterocycles.